The molecule has 14 heteroatoms. The third-order valence-electron chi connectivity index (χ3n) is 8.21. The standard InChI is InChI=1S/C28H31FN6O6S/c1-15-23-25(39)34(20-9-12-32(2)24(20)38)28(40)33(27(23)42-26(15)35-30-10-11-31-35)14-22(19-13-16(29)3-8-21(19)37)41-18-6-4-17(36)5-7-18/h3,8,10-11,13,17-18,20,22,36-37H,4-7,9,12,14H2,1-2H3/t17?,18?,20-,22+/m1/s1. The highest BCUT2D eigenvalue weighted by atomic mass is 32.1. The maximum atomic E-state index is 14.5. The maximum absolute atomic E-state index is 14.5. The number of carbonyl (C=O) groups excluding carboxylic acids is 1. The van der Waals surface area contributed by atoms with Crippen LogP contribution in [0.25, 0.3) is 15.2 Å². The van der Waals surface area contributed by atoms with Crippen LogP contribution in [-0.4, -0.2) is 70.9 Å². The number of phenolic OH excluding ortho intramolecular Hbond substituents is 1. The molecule has 4 heterocycles. The number of amides is 1. The van der Waals surface area contributed by atoms with Gasteiger partial charge in [-0.25, -0.2) is 13.8 Å². The van der Waals surface area contributed by atoms with Crippen LogP contribution in [-0.2, 0) is 16.1 Å². The predicted molar refractivity (Wildman–Crippen MR) is 151 cm³/mol. The number of aromatic hydroxyl groups is 1. The van der Waals surface area contributed by atoms with Crippen molar-refractivity contribution in [1.82, 2.24) is 29.0 Å². The summed E-state index contributed by atoms with van der Waals surface area (Å²) in [6.45, 7) is 1.96. The second kappa shape index (κ2) is 11.1. The summed E-state index contributed by atoms with van der Waals surface area (Å²) in [6.07, 6.45) is 3.73. The summed E-state index contributed by atoms with van der Waals surface area (Å²) in [5.74, 6) is -1.12. The fraction of sp³-hybridized carbons (Fsp3) is 0.464. The topological polar surface area (TPSA) is 145 Å². The Labute approximate surface area is 243 Å². The van der Waals surface area contributed by atoms with Gasteiger partial charge in [0.2, 0.25) is 5.91 Å². The lowest BCUT2D eigenvalue weighted by Gasteiger charge is -2.30. The van der Waals surface area contributed by atoms with Gasteiger partial charge in [-0.05, 0) is 57.2 Å². The van der Waals surface area contributed by atoms with E-state index in [9.17, 15) is 29.0 Å². The van der Waals surface area contributed by atoms with Crippen molar-refractivity contribution in [1.29, 1.82) is 0 Å². The number of rotatable bonds is 7. The van der Waals surface area contributed by atoms with Gasteiger partial charge in [0.05, 0.1) is 36.5 Å². The molecule has 1 aliphatic heterocycles. The van der Waals surface area contributed by atoms with E-state index < -0.39 is 35.3 Å². The van der Waals surface area contributed by atoms with Gasteiger partial charge in [-0.2, -0.15) is 10.2 Å². The van der Waals surface area contributed by atoms with E-state index in [4.69, 9.17) is 4.74 Å². The maximum Gasteiger partial charge on any atom is 0.332 e. The van der Waals surface area contributed by atoms with Gasteiger partial charge in [-0.3, -0.25) is 14.2 Å². The van der Waals surface area contributed by atoms with Crippen molar-refractivity contribution in [2.45, 2.75) is 69.9 Å². The quantitative estimate of drug-likeness (QED) is 0.330. The van der Waals surface area contributed by atoms with Crippen molar-refractivity contribution >= 4 is 27.5 Å². The van der Waals surface area contributed by atoms with Crippen LogP contribution in [0.5, 0.6) is 5.75 Å². The normalized spacial score (nSPS) is 21.9. The summed E-state index contributed by atoms with van der Waals surface area (Å²) in [5.41, 5.74) is -0.590. The number of likely N-dealkylation sites (tertiary alicyclic amines) is 1. The monoisotopic (exact) mass is 598 g/mol. The summed E-state index contributed by atoms with van der Waals surface area (Å²) in [6, 6.07) is 2.56. The highest BCUT2D eigenvalue weighted by Crippen LogP contribution is 2.36. The fourth-order valence-corrected chi connectivity index (χ4v) is 7.14. The molecule has 0 bridgehead atoms. The third kappa shape index (κ3) is 4.92. The van der Waals surface area contributed by atoms with Gasteiger partial charge in [-0.15, -0.1) is 4.80 Å². The average molecular weight is 599 g/mol. The first kappa shape index (κ1) is 28.2. The number of benzene rings is 1. The predicted octanol–water partition coefficient (Wildman–Crippen LogP) is 2.42. The second-order valence-corrected chi connectivity index (χ2v) is 11.9. The number of aliphatic hydroxyl groups is 1. The number of carbonyl (C=O) groups is 1. The van der Waals surface area contributed by atoms with Crippen LogP contribution >= 0.6 is 11.3 Å². The molecule has 1 saturated carbocycles. The zero-order chi connectivity index (χ0) is 29.7. The van der Waals surface area contributed by atoms with Crippen LogP contribution in [0.2, 0.25) is 0 Å². The molecular formula is C28H31FN6O6S. The minimum absolute atomic E-state index is 0.151. The first-order valence-electron chi connectivity index (χ1n) is 13.9. The van der Waals surface area contributed by atoms with Crippen LogP contribution in [0.4, 0.5) is 4.39 Å². The molecule has 1 aromatic carbocycles. The van der Waals surface area contributed by atoms with Crippen molar-refractivity contribution in [3.05, 3.63) is 68.4 Å². The zero-order valence-corrected chi connectivity index (χ0v) is 24.0. The van der Waals surface area contributed by atoms with Gasteiger partial charge in [0.25, 0.3) is 5.56 Å². The number of ether oxygens (including phenoxy) is 1. The first-order valence-corrected chi connectivity index (χ1v) is 14.7. The number of thiophene rings is 1. The summed E-state index contributed by atoms with van der Waals surface area (Å²) >= 11 is 1.15. The Balaban J connectivity index is 1.55. The molecule has 3 aromatic heterocycles. The van der Waals surface area contributed by atoms with E-state index in [2.05, 4.69) is 10.2 Å². The number of hydrogen-bond acceptors (Lipinski definition) is 9. The van der Waals surface area contributed by atoms with Crippen LogP contribution in [0, 0.1) is 12.7 Å². The number of aromatic nitrogens is 5. The number of phenols is 1. The Morgan fingerprint density at radius 3 is 2.50 bits per heavy atom. The lowest BCUT2D eigenvalue weighted by atomic mass is 9.94. The molecule has 2 fully saturated rings. The van der Waals surface area contributed by atoms with E-state index >= 15 is 0 Å². The van der Waals surface area contributed by atoms with Crippen LogP contribution in [0.3, 0.4) is 0 Å². The molecule has 6 rings (SSSR count). The molecule has 1 aliphatic carbocycles. The van der Waals surface area contributed by atoms with Crippen molar-refractivity contribution < 1.29 is 24.1 Å². The molecule has 0 unspecified atom stereocenters. The van der Waals surface area contributed by atoms with E-state index in [1.807, 2.05) is 0 Å². The number of halogens is 1. The number of aryl methyl sites for hydroxylation is 1. The van der Waals surface area contributed by atoms with Crippen molar-refractivity contribution in [2.24, 2.45) is 0 Å². The molecular weight excluding hydrogens is 567 g/mol. The molecule has 12 nitrogen and oxygen atoms in total. The molecule has 0 radical (unpaired) electrons. The lowest BCUT2D eigenvalue weighted by Crippen LogP contribution is -2.45. The molecule has 2 atom stereocenters. The molecule has 42 heavy (non-hydrogen) atoms. The summed E-state index contributed by atoms with van der Waals surface area (Å²) in [5, 5.41) is 29.9. The largest absolute Gasteiger partial charge is 0.508 e. The number of nitrogens with zero attached hydrogens (tertiary/aromatic N) is 6. The fourth-order valence-electron chi connectivity index (χ4n) is 5.92. The molecule has 1 amide bonds. The Morgan fingerprint density at radius 1 is 1.12 bits per heavy atom. The first-order chi connectivity index (χ1) is 20.1. The van der Waals surface area contributed by atoms with Gasteiger partial charge in [0.1, 0.15) is 33.5 Å². The van der Waals surface area contributed by atoms with Crippen LogP contribution < -0.4 is 11.2 Å². The number of hydrogen-bond donors (Lipinski definition) is 2. The summed E-state index contributed by atoms with van der Waals surface area (Å²) < 4.78 is 23.3. The van der Waals surface area contributed by atoms with E-state index in [0.717, 1.165) is 22.0 Å². The number of likely N-dealkylation sites (N-methyl/N-ethyl adjacent to an activating group) is 1. The van der Waals surface area contributed by atoms with E-state index in [-0.39, 0.29) is 35.3 Å². The van der Waals surface area contributed by atoms with Crippen molar-refractivity contribution in [3.63, 3.8) is 0 Å². The Morgan fingerprint density at radius 2 is 1.83 bits per heavy atom. The Hall–Kier alpha value is -3.88. The van der Waals surface area contributed by atoms with Crippen LogP contribution in [0.1, 0.15) is 55.4 Å². The minimum atomic E-state index is -0.983. The molecule has 0 spiro atoms. The molecule has 222 valence electrons. The average Bonchev–Trinajstić information content (AvgIpc) is 3.69. The third-order valence-corrected chi connectivity index (χ3v) is 9.50. The highest BCUT2D eigenvalue weighted by molar-refractivity contribution is 7.21. The van der Waals surface area contributed by atoms with Crippen molar-refractivity contribution in [3.8, 4) is 10.8 Å². The smallest absolute Gasteiger partial charge is 0.332 e. The number of aliphatic hydroxyl groups excluding tert-OH is 1. The highest BCUT2D eigenvalue weighted by Gasteiger charge is 2.36. The number of fused-ring (bicyclic) bond motifs is 1. The zero-order valence-electron chi connectivity index (χ0n) is 23.1. The van der Waals surface area contributed by atoms with E-state index in [1.54, 1.807) is 14.0 Å². The Kier molecular flexibility index (Phi) is 7.45. The van der Waals surface area contributed by atoms with Crippen LogP contribution in [0.15, 0.2) is 40.2 Å². The minimum Gasteiger partial charge on any atom is -0.508 e. The second-order valence-electron chi connectivity index (χ2n) is 10.9. The van der Waals surface area contributed by atoms with Gasteiger partial charge in [-0.1, -0.05) is 11.3 Å². The van der Waals surface area contributed by atoms with E-state index in [0.29, 0.717) is 54.0 Å². The van der Waals surface area contributed by atoms with Crippen molar-refractivity contribution in [2.75, 3.05) is 13.6 Å². The lowest BCUT2D eigenvalue weighted by molar-refractivity contribution is -0.129. The van der Waals surface area contributed by atoms with Gasteiger partial charge >= 0.3 is 5.69 Å². The Bertz CT molecular complexity index is 1760. The summed E-state index contributed by atoms with van der Waals surface area (Å²) in [7, 11) is 1.62. The molecule has 1 saturated heterocycles. The van der Waals surface area contributed by atoms with Gasteiger partial charge < -0.3 is 19.8 Å². The van der Waals surface area contributed by atoms with Gasteiger partial charge in [0, 0.05) is 24.7 Å². The summed E-state index contributed by atoms with van der Waals surface area (Å²) in [4.78, 5) is 44.3. The molecule has 2 aliphatic rings. The van der Waals surface area contributed by atoms with Gasteiger partial charge in [0.15, 0.2) is 0 Å². The van der Waals surface area contributed by atoms with E-state index in [1.165, 1.54) is 38.8 Å². The molecule has 2 N–H and O–H groups in total. The SMILES string of the molecule is Cc1c(-n2nccn2)sc2c1c(=O)n([C@@H]1CCN(C)C1=O)c(=O)n2C[C@H](OC1CCC(O)CC1)c1cc(F)ccc1O. The molecule has 4 aromatic rings.